The summed E-state index contributed by atoms with van der Waals surface area (Å²) < 4.78 is 5.21. The SMILES string of the molecule is CCNC(=NCC(O)c1cccc(OC)c1)N1CCCC(C)C1.I. The maximum atomic E-state index is 10.4. The molecular weight excluding hydrogens is 417 g/mol. The summed E-state index contributed by atoms with van der Waals surface area (Å²) in [5, 5.41) is 13.7. The van der Waals surface area contributed by atoms with Gasteiger partial charge in [0.15, 0.2) is 5.96 Å². The molecule has 5 nitrogen and oxygen atoms in total. The Bertz CT molecular complexity index is 525. The van der Waals surface area contributed by atoms with Gasteiger partial charge in [-0.25, -0.2) is 0 Å². The van der Waals surface area contributed by atoms with Gasteiger partial charge in [0.05, 0.1) is 19.8 Å². The molecule has 0 aromatic heterocycles. The summed E-state index contributed by atoms with van der Waals surface area (Å²) in [4.78, 5) is 6.95. The number of aliphatic imine (C=N–C) groups is 1. The summed E-state index contributed by atoms with van der Waals surface area (Å²) in [5.41, 5.74) is 0.830. The molecular formula is C18H30IN3O2. The van der Waals surface area contributed by atoms with Crippen LogP contribution in [0.4, 0.5) is 0 Å². The molecule has 0 spiro atoms. The first-order valence-electron chi connectivity index (χ1n) is 8.49. The van der Waals surface area contributed by atoms with Gasteiger partial charge in [0.2, 0.25) is 0 Å². The van der Waals surface area contributed by atoms with Crippen LogP contribution in [0.15, 0.2) is 29.3 Å². The number of halogens is 1. The van der Waals surface area contributed by atoms with Crippen molar-refractivity contribution in [3.05, 3.63) is 29.8 Å². The zero-order valence-corrected chi connectivity index (χ0v) is 17.2. The molecule has 0 aliphatic carbocycles. The summed E-state index contributed by atoms with van der Waals surface area (Å²) in [6, 6.07) is 7.52. The van der Waals surface area contributed by atoms with E-state index in [0.29, 0.717) is 12.5 Å². The lowest BCUT2D eigenvalue weighted by atomic mass is 10.0. The Kier molecular flexibility index (Phi) is 9.43. The first-order chi connectivity index (χ1) is 11.1. The fourth-order valence-electron chi connectivity index (χ4n) is 2.93. The number of ether oxygens (including phenoxy) is 1. The van der Waals surface area contributed by atoms with Crippen molar-refractivity contribution >= 4 is 29.9 Å². The Morgan fingerprint density at radius 1 is 1.50 bits per heavy atom. The van der Waals surface area contributed by atoms with Crippen LogP contribution in [0.3, 0.4) is 0 Å². The van der Waals surface area contributed by atoms with Crippen LogP contribution in [0.2, 0.25) is 0 Å². The van der Waals surface area contributed by atoms with Crippen LogP contribution in [0.1, 0.15) is 38.4 Å². The molecule has 1 aliphatic heterocycles. The zero-order valence-electron chi connectivity index (χ0n) is 14.9. The largest absolute Gasteiger partial charge is 0.497 e. The maximum Gasteiger partial charge on any atom is 0.194 e. The number of likely N-dealkylation sites (tertiary alicyclic amines) is 1. The van der Waals surface area contributed by atoms with Crippen LogP contribution in [-0.4, -0.2) is 49.3 Å². The van der Waals surface area contributed by atoms with Crippen molar-refractivity contribution in [3.8, 4) is 5.75 Å². The van der Waals surface area contributed by atoms with Gasteiger partial charge >= 0.3 is 0 Å². The number of aliphatic hydroxyl groups excluding tert-OH is 1. The van der Waals surface area contributed by atoms with Gasteiger partial charge in [-0.2, -0.15) is 0 Å². The second-order valence-corrected chi connectivity index (χ2v) is 6.18. The van der Waals surface area contributed by atoms with Gasteiger partial charge in [0, 0.05) is 19.6 Å². The fourth-order valence-corrected chi connectivity index (χ4v) is 2.93. The Labute approximate surface area is 162 Å². The molecule has 1 fully saturated rings. The summed E-state index contributed by atoms with van der Waals surface area (Å²) in [6.07, 6.45) is 1.85. The highest BCUT2D eigenvalue weighted by Crippen LogP contribution is 2.20. The Hall–Kier alpha value is -1.02. The van der Waals surface area contributed by atoms with Crippen LogP contribution in [0, 0.1) is 5.92 Å². The summed E-state index contributed by atoms with van der Waals surface area (Å²) in [5.74, 6) is 2.35. The van der Waals surface area contributed by atoms with Gasteiger partial charge < -0.3 is 20.1 Å². The topological polar surface area (TPSA) is 57.1 Å². The second-order valence-electron chi connectivity index (χ2n) is 6.18. The monoisotopic (exact) mass is 447 g/mol. The van der Waals surface area contributed by atoms with Gasteiger partial charge in [-0.15, -0.1) is 24.0 Å². The van der Waals surface area contributed by atoms with Crippen molar-refractivity contribution in [2.24, 2.45) is 10.9 Å². The third-order valence-corrected chi connectivity index (χ3v) is 4.18. The molecule has 2 unspecified atom stereocenters. The zero-order chi connectivity index (χ0) is 16.7. The molecule has 0 radical (unpaired) electrons. The van der Waals surface area contributed by atoms with Gasteiger partial charge in [-0.1, -0.05) is 19.1 Å². The van der Waals surface area contributed by atoms with E-state index in [0.717, 1.165) is 36.9 Å². The van der Waals surface area contributed by atoms with Gasteiger partial charge in [0.25, 0.3) is 0 Å². The number of nitrogens with zero attached hydrogens (tertiary/aromatic N) is 2. The van der Waals surface area contributed by atoms with Crippen LogP contribution >= 0.6 is 24.0 Å². The first kappa shape index (κ1) is 21.0. The smallest absolute Gasteiger partial charge is 0.194 e. The van der Waals surface area contributed by atoms with E-state index in [4.69, 9.17) is 4.74 Å². The minimum absolute atomic E-state index is 0. The molecule has 1 aromatic carbocycles. The number of benzene rings is 1. The lowest BCUT2D eigenvalue weighted by Crippen LogP contribution is -2.46. The van der Waals surface area contributed by atoms with Gasteiger partial charge in [0.1, 0.15) is 5.75 Å². The predicted octanol–water partition coefficient (Wildman–Crippen LogP) is 3.04. The van der Waals surface area contributed by atoms with E-state index in [1.54, 1.807) is 7.11 Å². The van der Waals surface area contributed by atoms with E-state index in [-0.39, 0.29) is 24.0 Å². The van der Waals surface area contributed by atoms with E-state index < -0.39 is 6.10 Å². The van der Waals surface area contributed by atoms with Gasteiger partial charge in [-0.05, 0) is 43.4 Å². The number of hydrogen-bond donors (Lipinski definition) is 2. The predicted molar refractivity (Wildman–Crippen MR) is 109 cm³/mol. The standard InChI is InChI=1S/C18H29N3O2.HI/c1-4-19-18(21-10-6-7-14(2)13-21)20-12-17(22)15-8-5-9-16(11-15)23-3;/h5,8-9,11,14,17,22H,4,6-7,10,12-13H2,1-3H3,(H,19,20);1H. The Morgan fingerprint density at radius 3 is 2.96 bits per heavy atom. The second kappa shape index (κ2) is 10.8. The summed E-state index contributed by atoms with van der Waals surface area (Å²) >= 11 is 0. The summed E-state index contributed by atoms with van der Waals surface area (Å²) in [6.45, 7) is 7.59. The number of hydrogen-bond acceptors (Lipinski definition) is 3. The molecule has 2 N–H and O–H groups in total. The Morgan fingerprint density at radius 2 is 2.29 bits per heavy atom. The molecule has 0 saturated carbocycles. The normalized spacial score (nSPS) is 19.4. The van der Waals surface area contributed by atoms with Crippen LogP contribution in [-0.2, 0) is 0 Å². The van der Waals surface area contributed by atoms with E-state index in [9.17, 15) is 5.11 Å². The lowest BCUT2D eigenvalue weighted by molar-refractivity contribution is 0.185. The first-order valence-corrected chi connectivity index (χ1v) is 8.49. The van der Waals surface area contributed by atoms with E-state index in [1.165, 1.54) is 12.8 Å². The van der Waals surface area contributed by atoms with Crippen molar-refractivity contribution in [2.45, 2.75) is 32.8 Å². The Balaban J connectivity index is 0.00000288. The quantitative estimate of drug-likeness (QED) is 0.414. The number of guanidine groups is 1. The molecule has 1 aliphatic rings. The average Bonchev–Trinajstić information content (AvgIpc) is 2.58. The van der Waals surface area contributed by atoms with Crippen LogP contribution < -0.4 is 10.1 Å². The average molecular weight is 447 g/mol. The van der Waals surface area contributed by atoms with E-state index in [1.807, 2.05) is 24.3 Å². The highest BCUT2D eigenvalue weighted by Gasteiger charge is 2.19. The van der Waals surface area contributed by atoms with Gasteiger partial charge in [-0.3, -0.25) is 4.99 Å². The molecule has 6 heteroatoms. The van der Waals surface area contributed by atoms with Crippen LogP contribution in [0.25, 0.3) is 0 Å². The van der Waals surface area contributed by atoms with Crippen molar-refractivity contribution in [2.75, 3.05) is 33.3 Å². The minimum Gasteiger partial charge on any atom is -0.497 e. The number of rotatable bonds is 5. The van der Waals surface area contributed by atoms with Crippen molar-refractivity contribution in [1.82, 2.24) is 10.2 Å². The molecule has 1 saturated heterocycles. The highest BCUT2D eigenvalue weighted by atomic mass is 127. The van der Waals surface area contributed by atoms with Crippen molar-refractivity contribution < 1.29 is 9.84 Å². The molecule has 1 heterocycles. The number of nitrogens with one attached hydrogen (secondary N) is 1. The molecule has 0 bridgehead atoms. The molecule has 2 rings (SSSR count). The molecule has 0 amide bonds. The third kappa shape index (κ3) is 6.12. The highest BCUT2D eigenvalue weighted by molar-refractivity contribution is 14.0. The summed E-state index contributed by atoms with van der Waals surface area (Å²) in [7, 11) is 1.63. The lowest BCUT2D eigenvalue weighted by Gasteiger charge is -2.33. The third-order valence-electron chi connectivity index (χ3n) is 4.18. The van der Waals surface area contributed by atoms with E-state index in [2.05, 4.69) is 29.1 Å². The molecule has 136 valence electrons. The molecule has 2 atom stereocenters. The number of methoxy groups -OCH3 is 1. The molecule has 1 aromatic rings. The molecule has 24 heavy (non-hydrogen) atoms. The maximum absolute atomic E-state index is 10.4. The minimum atomic E-state index is -0.624. The fraction of sp³-hybridized carbons (Fsp3) is 0.611. The van der Waals surface area contributed by atoms with Crippen LogP contribution in [0.5, 0.6) is 5.75 Å². The number of piperidine rings is 1. The van der Waals surface area contributed by atoms with E-state index >= 15 is 0 Å². The number of aliphatic hydroxyl groups is 1. The van der Waals surface area contributed by atoms with Crippen molar-refractivity contribution in [1.29, 1.82) is 0 Å². The van der Waals surface area contributed by atoms with Crippen molar-refractivity contribution in [3.63, 3.8) is 0 Å².